The van der Waals surface area contributed by atoms with Gasteiger partial charge in [-0.1, -0.05) is 0 Å². The third-order valence-corrected chi connectivity index (χ3v) is 10.4. The van der Waals surface area contributed by atoms with Gasteiger partial charge in [0.15, 0.2) is 0 Å². The molecular formula is C20H33IN4O. The van der Waals surface area contributed by atoms with E-state index < -0.39 is 19.8 Å². The van der Waals surface area contributed by atoms with Crippen molar-refractivity contribution in [3.8, 4) is 5.75 Å². The molecule has 0 spiro atoms. The number of aryl methyl sites for hydroxylation is 1. The van der Waals surface area contributed by atoms with Gasteiger partial charge < -0.3 is 0 Å². The molecule has 26 heavy (non-hydrogen) atoms. The molecular weight excluding hydrogens is 439 g/mol. The van der Waals surface area contributed by atoms with Crippen LogP contribution in [0.15, 0.2) is 12.1 Å². The van der Waals surface area contributed by atoms with Crippen molar-refractivity contribution in [2.75, 3.05) is 53.4 Å². The SMILES string of the molecule is CCI(C)CC1COc2ccc3nc(NC)n(CCCN(C)C)c3c2C1. The number of halogens is 1. The van der Waals surface area contributed by atoms with E-state index in [1.54, 1.807) is 0 Å². The zero-order valence-electron chi connectivity index (χ0n) is 16.8. The van der Waals surface area contributed by atoms with Crippen molar-refractivity contribution >= 4 is 36.8 Å². The second kappa shape index (κ2) is 8.78. The van der Waals surface area contributed by atoms with Gasteiger partial charge in [-0.05, 0) is 0 Å². The topological polar surface area (TPSA) is 42.3 Å². The Morgan fingerprint density at radius 1 is 1.38 bits per heavy atom. The molecule has 2 aromatic rings. The van der Waals surface area contributed by atoms with Gasteiger partial charge in [-0.2, -0.15) is 0 Å². The molecule has 5 nitrogen and oxygen atoms in total. The molecule has 0 saturated heterocycles. The van der Waals surface area contributed by atoms with Crippen LogP contribution in [0.3, 0.4) is 0 Å². The average molecular weight is 472 g/mol. The molecule has 0 aliphatic carbocycles. The van der Waals surface area contributed by atoms with Crippen molar-refractivity contribution in [3.05, 3.63) is 17.7 Å². The summed E-state index contributed by atoms with van der Waals surface area (Å²) in [5.74, 6) is 2.70. The van der Waals surface area contributed by atoms with Gasteiger partial charge in [0.1, 0.15) is 0 Å². The molecule has 2 heterocycles. The average Bonchev–Trinajstić information content (AvgIpc) is 2.99. The van der Waals surface area contributed by atoms with Gasteiger partial charge in [0.05, 0.1) is 0 Å². The van der Waals surface area contributed by atoms with Crippen LogP contribution >= 0.6 is 19.8 Å². The Kier molecular flexibility index (Phi) is 6.66. The molecule has 1 aromatic heterocycles. The predicted octanol–water partition coefficient (Wildman–Crippen LogP) is 3.74. The quantitative estimate of drug-likeness (QED) is 0.470. The van der Waals surface area contributed by atoms with Crippen molar-refractivity contribution < 1.29 is 4.74 Å². The van der Waals surface area contributed by atoms with Gasteiger partial charge in [-0.25, -0.2) is 0 Å². The standard InChI is InChI=1S/C20H33IN4O/c1-6-21(2)13-15-12-16-18(26-14-15)9-8-17-19(16)25(20(22-3)23-17)11-7-10-24(4)5/h8-9,15H,6-7,10-14H2,1-5H3,(H,22,23). The minimum absolute atomic E-state index is 0.673. The first-order valence-electron chi connectivity index (χ1n) is 9.52. The number of anilines is 1. The number of ether oxygens (including phenoxy) is 1. The Morgan fingerprint density at radius 2 is 2.19 bits per heavy atom. The van der Waals surface area contributed by atoms with E-state index in [0.29, 0.717) is 5.92 Å². The van der Waals surface area contributed by atoms with Crippen molar-refractivity contribution in [1.29, 1.82) is 0 Å². The van der Waals surface area contributed by atoms with Gasteiger partial charge in [-0.15, -0.1) is 0 Å². The molecule has 1 unspecified atom stereocenters. The monoisotopic (exact) mass is 472 g/mol. The van der Waals surface area contributed by atoms with Gasteiger partial charge >= 0.3 is 165 Å². The molecule has 1 N–H and O–H groups in total. The minimum atomic E-state index is -0.767. The van der Waals surface area contributed by atoms with E-state index >= 15 is 0 Å². The molecule has 1 atom stereocenters. The Morgan fingerprint density at radius 3 is 2.88 bits per heavy atom. The van der Waals surface area contributed by atoms with E-state index in [2.05, 4.69) is 52.9 Å². The Hall–Kier alpha value is -1.02. The number of rotatable bonds is 8. The van der Waals surface area contributed by atoms with Crippen LogP contribution in [-0.2, 0) is 13.0 Å². The number of nitrogens with zero attached hydrogens (tertiary/aromatic N) is 3. The third-order valence-electron chi connectivity index (χ3n) is 5.09. The summed E-state index contributed by atoms with van der Waals surface area (Å²) in [5.41, 5.74) is 3.74. The number of fused-ring (bicyclic) bond motifs is 3. The molecule has 1 aromatic carbocycles. The van der Waals surface area contributed by atoms with E-state index in [9.17, 15) is 0 Å². The van der Waals surface area contributed by atoms with Crippen LogP contribution in [0.1, 0.15) is 18.9 Å². The number of hydrogen-bond donors (Lipinski definition) is 1. The first-order chi connectivity index (χ1) is 12.5. The van der Waals surface area contributed by atoms with E-state index in [1.807, 2.05) is 7.05 Å². The zero-order valence-corrected chi connectivity index (χ0v) is 19.0. The number of aromatic nitrogens is 2. The van der Waals surface area contributed by atoms with E-state index in [1.165, 1.54) is 19.9 Å². The van der Waals surface area contributed by atoms with Crippen molar-refractivity contribution in [3.63, 3.8) is 0 Å². The first-order valence-corrected chi connectivity index (χ1v) is 14.7. The van der Waals surface area contributed by atoms with Crippen LogP contribution in [0, 0.1) is 5.92 Å². The molecule has 0 fully saturated rings. The van der Waals surface area contributed by atoms with Crippen LogP contribution in [0.5, 0.6) is 5.75 Å². The Balaban J connectivity index is 1.94. The van der Waals surface area contributed by atoms with Gasteiger partial charge in [-0.3, -0.25) is 0 Å². The van der Waals surface area contributed by atoms with E-state index in [0.717, 1.165) is 49.8 Å². The summed E-state index contributed by atoms with van der Waals surface area (Å²) in [6, 6.07) is 4.23. The number of alkyl halides is 3. The van der Waals surface area contributed by atoms with Gasteiger partial charge in [0, 0.05) is 0 Å². The molecule has 0 amide bonds. The molecule has 1 aliphatic heterocycles. The molecule has 0 radical (unpaired) electrons. The third kappa shape index (κ3) is 4.27. The van der Waals surface area contributed by atoms with E-state index in [-0.39, 0.29) is 0 Å². The van der Waals surface area contributed by atoms with Crippen LogP contribution in [0.4, 0.5) is 5.95 Å². The summed E-state index contributed by atoms with van der Waals surface area (Å²) in [4.78, 5) is 9.58. The Bertz CT molecular complexity index is 743. The molecule has 146 valence electrons. The van der Waals surface area contributed by atoms with Crippen LogP contribution in [0.2, 0.25) is 0 Å². The molecule has 0 saturated carbocycles. The molecule has 0 bridgehead atoms. The summed E-state index contributed by atoms with van der Waals surface area (Å²) in [5, 5.41) is 3.29. The summed E-state index contributed by atoms with van der Waals surface area (Å²) in [6.07, 6.45) is 2.25. The van der Waals surface area contributed by atoms with Gasteiger partial charge in [0.2, 0.25) is 0 Å². The fraction of sp³-hybridized carbons (Fsp3) is 0.650. The number of benzene rings is 1. The maximum atomic E-state index is 6.19. The van der Waals surface area contributed by atoms with Crippen LogP contribution in [0.25, 0.3) is 11.0 Å². The van der Waals surface area contributed by atoms with Crippen molar-refractivity contribution in [1.82, 2.24) is 14.5 Å². The fourth-order valence-electron chi connectivity index (χ4n) is 3.70. The predicted molar refractivity (Wildman–Crippen MR) is 120 cm³/mol. The van der Waals surface area contributed by atoms with Crippen molar-refractivity contribution in [2.24, 2.45) is 5.92 Å². The van der Waals surface area contributed by atoms with E-state index in [4.69, 9.17) is 9.72 Å². The van der Waals surface area contributed by atoms with Gasteiger partial charge in [0.25, 0.3) is 0 Å². The van der Waals surface area contributed by atoms with Crippen LogP contribution < -0.4 is 10.1 Å². The second-order valence-corrected chi connectivity index (χ2v) is 14.0. The fourth-order valence-corrected chi connectivity index (χ4v) is 7.01. The summed E-state index contributed by atoms with van der Waals surface area (Å²) in [6.45, 7) is 5.29. The molecule has 3 rings (SSSR count). The molecule has 1 aliphatic rings. The second-order valence-electron chi connectivity index (χ2n) is 7.43. The summed E-state index contributed by atoms with van der Waals surface area (Å²) >= 11 is -0.767. The molecule has 6 heteroatoms. The van der Waals surface area contributed by atoms with Crippen LogP contribution in [-0.4, -0.2) is 62.5 Å². The van der Waals surface area contributed by atoms with Crippen molar-refractivity contribution in [2.45, 2.75) is 26.3 Å². The number of nitrogens with one attached hydrogen (secondary N) is 1. The Labute approximate surface area is 164 Å². The number of imidazole rings is 1. The summed E-state index contributed by atoms with van der Waals surface area (Å²) in [7, 11) is 6.22. The maximum absolute atomic E-state index is 6.19. The normalized spacial score (nSPS) is 17.3. The zero-order chi connectivity index (χ0) is 18.7. The number of hydrogen-bond acceptors (Lipinski definition) is 4. The summed E-state index contributed by atoms with van der Waals surface area (Å²) < 4.78 is 11.3. The first kappa shape index (κ1) is 19.7.